The minimum Gasteiger partial charge on any atom is -0.439 e. The molecule has 2 rings (SSSR count). The summed E-state index contributed by atoms with van der Waals surface area (Å²) < 4.78 is 30.1. The molecule has 0 atom stereocenters. The largest absolute Gasteiger partial charge is 0.439 e. The summed E-state index contributed by atoms with van der Waals surface area (Å²) in [4.78, 5) is 0.255. The summed E-state index contributed by atoms with van der Waals surface area (Å²) in [6, 6.07) is 6.24. The van der Waals surface area contributed by atoms with Crippen molar-refractivity contribution in [2.45, 2.75) is 18.4 Å². The Morgan fingerprint density at radius 2 is 1.90 bits per heavy atom. The third-order valence-corrected chi connectivity index (χ3v) is 4.09. The molecule has 0 radical (unpaired) electrons. The van der Waals surface area contributed by atoms with Gasteiger partial charge in [0, 0.05) is 19.8 Å². The number of aryl methyl sites for hydroxylation is 2. The van der Waals surface area contributed by atoms with Gasteiger partial charge in [0.1, 0.15) is 5.75 Å². The lowest BCUT2D eigenvalue weighted by atomic mass is 10.2. The molecule has 2 aromatic rings. The van der Waals surface area contributed by atoms with Crippen LogP contribution in [0.4, 0.5) is 0 Å². The highest BCUT2D eigenvalue weighted by atomic mass is 32.2. The van der Waals surface area contributed by atoms with E-state index in [1.54, 1.807) is 23.9 Å². The molecule has 0 amide bonds. The fourth-order valence-corrected chi connectivity index (χ4v) is 2.54. The molecular formula is C13H17N3O3S. The molecular weight excluding hydrogens is 278 g/mol. The standard InChI is InChI=1S/C13H17N3O3S/c1-9-12(8-14)13(16(2)15-9)19-10-4-6-11(7-5-10)20(3,17)18/h4-7H,8,14H2,1-3H3. The smallest absolute Gasteiger partial charge is 0.222 e. The maximum absolute atomic E-state index is 11.4. The highest BCUT2D eigenvalue weighted by Crippen LogP contribution is 2.27. The number of nitrogens with two attached hydrogens (primary N) is 1. The zero-order valence-electron chi connectivity index (χ0n) is 11.6. The SMILES string of the molecule is Cc1nn(C)c(Oc2ccc(S(C)(=O)=O)cc2)c1CN. The Labute approximate surface area is 118 Å². The topological polar surface area (TPSA) is 87.2 Å². The fraction of sp³-hybridized carbons (Fsp3) is 0.308. The number of hydrogen-bond donors (Lipinski definition) is 1. The quantitative estimate of drug-likeness (QED) is 0.920. The number of benzene rings is 1. The molecule has 0 fully saturated rings. The predicted molar refractivity (Wildman–Crippen MR) is 75.5 cm³/mol. The van der Waals surface area contributed by atoms with Crippen molar-refractivity contribution in [3.8, 4) is 11.6 Å². The van der Waals surface area contributed by atoms with E-state index in [0.29, 0.717) is 18.2 Å². The van der Waals surface area contributed by atoms with Crippen LogP contribution in [-0.2, 0) is 23.4 Å². The van der Waals surface area contributed by atoms with Crippen molar-refractivity contribution in [2.75, 3.05) is 6.26 Å². The molecule has 0 bridgehead atoms. The summed E-state index contributed by atoms with van der Waals surface area (Å²) in [5, 5.41) is 4.25. The summed E-state index contributed by atoms with van der Waals surface area (Å²) in [7, 11) is -1.43. The molecule has 0 saturated heterocycles. The van der Waals surface area contributed by atoms with Gasteiger partial charge in [0.25, 0.3) is 0 Å². The van der Waals surface area contributed by atoms with Gasteiger partial charge in [0.15, 0.2) is 9.84 Å². The minimum absolute atomic E-state index is 0.255. The first-order chi connectivity index (χ1) is 9.32. The molecule has 2 N–H and O–H groups in total. The van der Waals surface area contributed by atoms with Gasteiger partial charge in [-0.2, -0.15) is 5.10 Å². The van der Waals surface area contributed by atoms with Crippen LogP contribution in [0.1, 0.15) is 11.3 Å². The first kappa shape index (κ1) is 14.5. The molecule has 1 aromatic heterocycles. The van der Waals surface area contributed by atoms with Crippen LogP contribution in [0.3, 0.4) is 0 Å². The Balaban J connectivity index is 2.32. The minimum atomic E-state index is -3.20. The lowest BCUT2D eigenvalue weighted by Gasteiger charge is -2.08. The molecule has 0 aliphatic heterocycles. The van der Waals surface area contributed by atoms with Gasteiger partial charge >= 0.3 is 0 Å². The molecule has 0 spiro atoms. The van der Waals surface area contributed by atoms with Gasteiger partial charge in [-0.25, -0.2) is 13.1 Å². The summed E-state index contributed by atoms with van der Waals surface area (Å²) in [6.45, 7) is 2.19. The van der Waals surface area contributed by atoms with Crippen molar-refractivity contribution in [3.63, 3.8) is 0 Å². The molecule has 0 saturated carbocycles. The lowest BCUT2D eigenvalue weighted by molar-refractivity contribution is 0.425. The van der Waals surface area contributed by atoms with Crippen LogP contribution >= 0.6 is 0 Å². The number of sulfone groups is 1. The van der Waals surface area contributed by atoms with Gasteiger partial charge in [-0.05, 0) is 31.2 Å². The molecule has 1 aromatic carbocycles. The van der Waals surface area contributed by atoms with E-state index in [4.69, 9.17) is 10.5 Å². The number of hydrogen-bond acceptors (Lipinski definition) is 5. The van der Waals surface area contributed by atoms with E-state index >= 15 is 0 Å². The monoisotopic (exact) mass is 295 g/mol. The van der Waals surface area contributed by atoms with Gasteiger partial charge in [0.2, 0.25) is 5.88 Å². The predicted octanol–water partition coefficient (Wildman–Crippen LogP) is 1.38. The third kappa shape index (κ3) is 2.83. The van der Waals surface area contributed by atoms with E-state index < -0.39 is 9.84 Å². The second kappa shape index (κ2) is 5.26. The summed E-state index contributed by atoms with van der Waals surface area (Å²) in [5.74, 6) is 1.10. The first-order valence-electron chi connectivity index (χ1n) is 6.03. The molecule has 0 unspecified atom stereocenters. The van der Waals surface area contributed by atoms with Crippen molar-refractivity contribution in [2.24, 2.45) is 12.8 Å². The lowest BCUT2D eigenvalue weighted by Crippen LogP contribution is -2.01. The van der Waals surface area contributed by atoms with Crippen molar-refractivity contribution in [1.29, 1.82) is 0 Å². The highest BCUT2D eigenvalue weighted by molar-refractivity contribution is 7.90. The maximum Gasteiger partial charge on any atom is 0.222 e. The number of ether oxygens (including phenoxy) is 1. The Kier molecular flexibility index (Phi) is 3.82. The average Bonchev–Trinajstić information content (AvgIpc) is 2.63. The van der Waals surface area contributed by atoms with Crippen LogP contribution < -0.4 is 10.5 Å². The van der Waals surface area contributed by atoms with Crippen molar-refractivity contribution >= 4 is 9.84 Å². The van der Waals surface area contributed by atoms with Gasteiger partial charge in [0.05, 0.1) is 16.2 Å². The number of rotatable bonds is 4. The van der Waals surface area contributed by atoms with Crippen LogP contribution in [0.5, 0.6) is 11.6 Å². The van der Waals surface area contributed by atoms with Gasteiger partial charge in [-0.3, -0.25) is 0 Å². The van der Waals surface area contributed by atoms with Crippen molar-refractivity contribution < 1.29 is 13.2 Å². The maximum atomic E-state index is 11.4. The normalized spacial score (nSPS) is 11.6. The zero-order valence-corrected chi connectivity index (χ0v) is 12.4. The number of aromatic nitrogens is 2. The molecule has 0 aliphatic carbocycles. The molecule has 108 valence electrons. The molecule has 0 aliphatic rings. The highest BCUT2D eigenvalue weighted by Gasteiger charge is 2.14. The van der Waals surface area contributed by atoms with Crippen molar-refractivity contribution in [3.05, 3.63) is 35.5 Å². The third-order valence-electron chi connectivity index (χ3n) is 2.96. The van der Waals surface area contributed by atoms with Crippen LogP contribution in [0.2, 0.25) is 0 Å². The molecule has 6 nitrogen and oxygen atoms in total. The van der Waals surface area contributed by atoms with Gasteiger partial charge in [-0.15, -0.1) is 0 Å². The zero-order chi connectivity index (χ0) is 14.9. The Bertz CT molecular complexity index is 718. The van der Waals surface area contributed by atoms with Crippen LogP contribution in [0.15, 0.2) is 29.2 Å². The van der Waals surface area contributed by atoms with E-state index in [1.807, 2.05) is 6.92 Å². The Hall–Kier alpha value is -1.86. The van der Waals surface area contributed by atoms with Crippen LogP contribution in [0.25, 0.3) is 0 Å². The van der Waals surface area contributed by atoms with Crippen molar-refractivity contribution in [1.82, 2.24) is 9.78 Å². The van der Waals surface area contributed by atoms with E-state index in [9.17, 15) is 8.42 Å². The number of nitrogens with zero attached hydrogens (tertiary/aromatic N) is 2. The summed E-state index contributed by atoms with van der Waals surface area (Å²) in [5.41, 5.74) is 7.34. The van der Waals surface area contributed by atoms with E-state index in [2.05, 4.69) is 5.10 Å². The molecule has 7 heteroatoms. The van der Waals surface area contributed by atoms with E-state index in [-0.39, 0.29) is 4.90 Å². The van der Waals surface area contributed by atoms with Crippen LogP contribution in [-0.4, -0.2) is 24.5 Å². The Morgan fingerprint density at radius 1 is 1.30 bits per heavy atom. The van der Waals surface area contributed by atoms with Crippen LogP contribution in [0, 0.1) is 6.92 Å². The van der Waals surface area contributed by atoms with E-state index in [0.717, 1.165) is 11.3 Å². The van der Waals surface area contributed by atoms with E-state index in [1.165, 1.54) is 18.4 Å². The first-order valence-corrected chi connectivity index (χ1v) is 7.92. The fourth-order valence-electron chi connectivity index (χ4n) is 1.91. The van der Waals surface area contributed by atoms with Gasteiger partial charge < -0.3 is 10.5 Å². The Morgan fingerprint density at radius 3 is 2.40 bits per heavy atom. The summed E-state index contributed by atoms with van der Waals surface area (Å²) >= 11 is 0. The summed E-state index contributed by atoms with van der Waals surface area (Å²) in [6.07, 6.45) is 1.17. The van der Waals surface area contributed by atoms with Gasteiger partial charge in [-0.1, -0.05) is 0 Å². The molecule has 1 heterocycles. The average molecular weight is 295 g/mol. The second-order valence-corrected chi connectivity index (χ2v) is 6.56. The molecule has 20 heavy (non-hydrogen) atoms. The second-order valence-electron chi connectivity index (χ2n) is 4.54.